The van der Waals surface area contributed by atoms with Gasteiger partial charge in [-0.05, 0) is 35.6 Å². The molecule has 0 radical (unpaired) electrons. The minimum atomic E-state index is -0.574. The van der Waals surface area contributed by atoms with Crippen molar-refractivity contribution in [3.05, 3.63) is 70.8 Å². The molecule has 1 atom stereocenters. The number of amides is 3. The molecule has 2 aromatic carbocycles. The molecule has 6 nitrogen and oxygen atoms in total. The Morgan fingerprint density at radius 3 is 2.64 bits per heavy atom. The van der Waals surface area contributed by atoms with Gasteiger partial charge in [-0.15, -0.1) is 0 Å². The zero-order valence-corrected chi connectivity index (χ0v) is 15.5. The van der Waals surface area contributed by atoms with Crippen LogP contribution in [0.2, 0.25) is 0 Å². The maximum absolute atomic E-state index is 12.7. The molecule has 1 N–H and O–H groups in total. The van der Waals surface area contributed by atoms with E-state index in [1.54, 1.807) is 4.90 Å². The van der Waals surface area contributed by atoms with Gasteiger partial charge in [0.15, 0.2) is 0 Å². The van der Waals surface area contributed by atoms with Crippen LogP contribution < -0.4 is 5.32 Å². The van der Waals surface area contributed by atoms with Crippen LogP contribution in [-0.2, 0) is 33.9 Å². The molecule has 144 valence electrons. The quantitative estimate of drug-likeness (QED) is 0.618. The molecule has 2 aliphatic heterocycles. The van der Waals surface area contributed by atoms with E-state index in [0.29, 0.717) is 31.7 Å². The van der Waals surface area contributed by atoms with Crippen LogP contribution in [0.4, 0.5) is 0 Å². The molecule has 0 aromatic heterocycles. The average Bonchev–Trinajstić information content (AvgIpc) is 3.02. The van der Waals surface area contributed by atoms with E-state index in [1.807, 2.05) is 48.5 Å². The minimum absolute atomic E-state index is 0.142. The highest BCUT2D eigenvalue weighted by Crippen LogP contribution is 2.28. The number of ether oxygens (including phenoxy) is 1. The molecule has 0 aliphatic carbocycles. The number of nitrogens with one attached hydrogen (secondary N) is 1. The summed E-state index contributed by atoms with van der Waals surface area (Å²) in [5.41, 5.74) is 3.81. The molecule has 1 fully saturated rings. The summed E-state index contributed by atoms with van der Waals surface area (Å²) >= 11 is 0. The third-order valence-electron chi connectivity index (χ3n) is 5.23. The van der Waals surface area contributed by atoms with Gasteiger partial charge in [-0.1, -0.05) is 42.5 Å². The van der Waals surface area contributed by atoms with Crippen molar-refractivity contribution in [2.45, 2.75) is 38.5 Å². The van der Waals surface area contributed by atoms with E-state index in [4.69, 9.17) is 4.74 Å². The van der Waals surface area contributed by atoms with E-state index in [0.717, 1.165) is 23.1 Å². The lowest BCUT2D eigenvalue weighted by atomic mass is 10.0. The second-order valence-corrected chi connectivity index (χ2v) is 7.18. The van der Waals surface area contributed by atoms with Crippen LogP contribution >= 0.6 is 0 Å². The number of piperidine rings is 1. The normalized spacial score (nSPS) is 18.9. The van der Waals surface area contributed by atoms with Crippen LogP contribution in [-0.4, -0.2) is 35.3 Å². The predicted octanol–water partition coefficient (Wildman–Crippen LogP) is 2.21. The smallest absolute Gasteiger partial charge is 0.255 e. The summed E-state index contributed by atoms with van der Waals surface area (Å²) < 4.78 is 5.74. The first kappa shape index (κ1) is 18.4. The lowest BCUT2D eigenvalue weighted by Gasteiger charge is -2.29. The minimum Gasteiger partial charge on any atom is -0.376 e. The Kier molecular flexibility index (Phi) is 5.21. The van der Waals surface area contributed by atoms with E-state index in [2.05, 4.69) is 5.32 Å². The molecule has 0 spiro atoms. The van der Waals surface area contributed by atoms with E-state index in [1.165, 1.54) is 0 Å². The highest BCUT2D eigenvalue weighted by Gasteiger charge is 2.38. The monoisotopic (exact) mass is 378 g/mol. The number of rotatable bonds is 6. The molecule has 2 aliphatic rings. The van der Waals surface area contributed by atoms with Gasteiger partial charge >= 0.3 is 0 Å². The number of carbonyl (C=O) groups is 3. The van der Waals surface area contributed by atoms with Gasteiger partial charge in [0.2, 0.25) is 11.8 Å². The van der Waals surface area contributed by atoms with Gasteiger partial charge in [0, 0.05) is 18.5 Å². The lowest BCUT2D eigenvalue weighted by molar-refractivity contribution is -0.136. The highest BCUT2D eigenvalue weighted by atomic mass is 16.5. The predicted molar refractivity (Wildman–Crippen MR) is 102 cm³/mol. The van der Waals surface area contributed by atoms with E-state index >= 15 is 0 Å². The molecular weight excluding hydrogens is 356 g/mol. The van der Waals surface area contributed by atoms with Gasteiger partial charge in [-0.25, -0.2) is 0 Å². The summed E-state index contributed by atoms with van der Waals surface area (Å²) in [6, 6.07) is 15.2. The molecule has 4 rings (SSSR count). The Bertz CT molecular complexity index is 910. The van der Waals surface area contributed by atoms with Crippen LogP contribution in [0.1, 0.15) is 39.9 Å². The fourth-order valence-corrected chi connectivity index (χ4v) is 3.74. The van der Waals surface area contributed by atoms with Crippen LogP contribution in [0.5, 0.6) is 0 Å². The molecule has 1 unspecified atom stereocenters. The number of hydrogen-bond acceptors (Lipinski definition) is 4. The van der Waals surface area contributed by atoms with Crippen molar-refractivity contribution in [2.75, 3.05) is 6.61 Å². The zero-order valence-electron chi connectivity index (χ0n) is 15.5. The number of nitrogens with zero attached hydrogens (tertiary/aromatic N) is 1. The molecule has 3 amide bonds. The number of hydrogen-bond donors (Lipinski definition) is 1. The third kappa shape index (κ3) is 3.82. The molecular formula is C22H22N2O4. The Morgan fingerprint density at radius 1 is 1.04 bits per heavy atom. The largest absolute Gasteiger partial charge is 0.376 e. The summed E-state index contributed by atoms with van der Waals surface area (Å²) in [5.74, 6) is -0.800. The molecule has 2 heterocycles. The number of carbonyl (C=O) groups excluding carboxylic acids is 3. The first-order valence-corrected chi connectivity index (χ1v) is 9.50. The van der Waals surface area contributed by atoms with Crippen molar-refractivity contribution < 1.29 is 19.1 Å². The van der Waals surface area contributed by atoms with Crippen molar-refractivity contribution >= 4 is 17.7 Å². The second-order valence-electron chi connectivity index (χ2n) is 7.18. The molecule has 6 heteroatoms. The number of benzene rings is 2. The Hall–Kier alpha value is -2.99. The van der Waals surface area contributed by atoms with Crippen LogP contribution in [0.15, 0.2) is 48.5 Å². The molecule has 1 saturated heterocycles. The first-order chi connectivity index (χ1) is 13.6. The first-order valence-electron chi connectivity index (χ1n) is 9.50. The standard InChI is InChI=1S/C22H22N2O4/c25-20-9-8-19(21(26)23-20)24-13-17-12-15(6-7-18(17)22(24)27)10-11-28-14-16-4-2-1-3-5-16/h1-7,12,19H,8-11,13-14H2,(H,23,25,26). The molecule has 28 heavy (non-hydrogen) atoms. The van der Waals surface area contributed by atoms with Crippen LogP contribution in [0.3, 0.4) is 0 Å². The van der Waals surface area contributed by atoms with Gasteiger partial charge in [0.05, 0.1) is 13.2 Å². The SMILES string of the molecule is O=C1CCC(N2Cc3cc(CCOCc4ccccc4)ccc3C2=O)C(=O)N1. The van der Waals surface area contributed by atoms with Gasteiger partial charge in [0.25, 0.3) is 5.91 Å². The van der Waals surface area contributed by atoms with Gasteiger partial charge in [0.1, 0.15) is 6.04 Å². The highest BCUT2D eigenvalue weighted by molar-refractivity contribution is 6.05. The average molecular weight is 378 g/mol. The lowest BCUT2D eigenvalue weighted by Crippen LogP contribution is -2.52. The van der Waals surface area contributed by atoms with E-state index in [-0.39, 0.29) is 24.1 Å². The number of fused-ring (bicyclic) bond motifs is 1. The van der Waals surface area contributed by atoms with Crippen molar-refractivity contribution in [1.29, 1.82) is 0 Å². The molecule has 0 bridgehead atoms. The third-order valence-corrected chi connectivity index (χ3v) is 5.23. The van der Waals surface area contributed by atoms with Crippen molar-refractivity contribution in [1.82, 2.24) is 10.2 Å². The van der Waals surface area contributed by atoms with E-state index < -0.39 is 6.04 Å². The summed E-state index contributed by atoms with van der Waals surface area (Å²) in [7, 11) is 0. The molecule has 2 aromatic rings. The van der Waals surface area contributed by atoms with Crippen molar-refractivity contribution in [2.24, 2.45) is 0 Å². The van der Waals surface area contributed by atoms with Crippen molar-refractivity contribution in [3.8, 4) is 0 Å². The maximum atomic E-state index is 12.7. The van der Waals surface area contributed by atoms with Crippen molar-refractivity contribution in [3.63, 3.8) is 0 Å². The van der Waals surface area contributed by atoms with Crippen LogP contribution in [0.25, 0.3) is 0 Å². The van der Waals surface area contributed by atoms with E-state index in [9.17, 15) is 14.4 Å². The Labute approximate surface area is 163 Å². The fraction of sp³-hybridized carbons (Fsp3) is 0.318. The summed E-state index contributed by atoms with van der Waals surface area (Å²) in [6.07, 6.45) is 1.40. The number of imide groups is 1. The fourth-order valence-electron chi connectivity index (χ4n) is 3.74. The Balaban J connectivity index is 1.35. The summed E-state index contributed by atoms with van der Waals surface area (Å²) in [6.45, 7) is 1.57. The van der Waals surface area contributed by atoms with Crippen LogP contribution in [0, 0.1) is 0 Å². The van der Waals surface area contributed by atoms with Gasteiger partial charge in [-0.3, -0.25) is 19.7 Å². The second kappa shape index (κ2) is 7.94. The Morgan fingerprint density at radius 2 is 1.86 bits per heavy atom. The van der Waals surface area contributed by atoms with Gasteiger partial charge < -0.3 is 9.64 Å². The topological polar surface area (TPSA) is 75.7 Å². The zero-order chi connectivity index (χ0) is 19.5. The van der Waals surface area contributed by atoms with Gasteiger partial charge in [-0.2, -0.15) is 0 Å². The summed E-state index contributed by atoms with van der Waals surface area (Å²) in [4.78, 5) is 37.7. The maximum Gasteiger partial charge on any atom is 0.255 e. The molecule has 0 saturated carbocycles. The summed E-state index contributed by atoms with van der Waals surface area (Å²) in [5, 5.41) is 2.32.